The number of rotatable bonds is 3. The molecule has 2 rings (SSSR count). The van der Waals surface area contributed by atoms with Crippen molar-refractivity contribution in [3.8, 4) is 0 Å². The van der Waals surface area contributed by atoms with Crippen LogP contribution in [0.1, 0.15) is 45.4 Å². The lowest BCUT2D eigenvalue weighted by molar-refractivity contribution is -0.125. The molecule has 0 radical (unpaired) electrons. The maximum atomic E-state index is 11.9. The summed E-state index contributed by atoms with van der Waals surface area (Å²) in [4.78, 5) is 11.9. The molecule has 92 valence electrons. The van der Waals surface area contributed by atoms with Crippen LogP contribution in [0.15, 0.2) is 0 Å². The lowest BCUT2D eigenvalue weighted by Gasteiger charge is -2.40. The molecule has 0 aromatic carbocycles. The zero-order valence-electron chi connectivity index (χ0n) is 10.1. The fourth-order valence-electron chi connectivity index (χ4n) is 2.46. The first-order valence-corrected chi connectivity index (χ1v) is 6.19. The number of nitrogens with two attached hydrogens (primary N) is 1. The number of carbonyl (C=O) groups excluding carboxylic acids is 1. The lowest BCUT2D eigenvalue weighted by atomic mass is 9.75. The van der Waals surface area contributed by atoms with Crippen molar-refractivity contribution < 1.29 is 9.53 Å². The van der Waals surface area contributed by atoms with Gasteiger partial charge >= 0.3 is 0 Å². The van der Waals surface area contributed by atoms with Gasteiger partial charge in [-0.3, -0.25) is 4.79 Å². The molecule has 1 aliphatic heterocycles. The highest BCUT2D eigenvalue weighted by Gasteiger charge is 2.36. The zero-order valence-corrected chi connectivity index (χ0v) is 10.1. The molecule has 4 nitrogen and oxygen atoms in total. The number of hydrogen-bond acceptors (Lipinski definition) is 3. The van der Waals surface area contributed by atoms with Crippen LogP contribution in [0.2, 0.25) is 0 Å². The largest absolute Gasteiger partial charge is 0.381 e. The number of amides is 1. The predicted octanol–water partition coefficient (Wildman–Crippen LogP) is 0.943. The van der Waals surface area contributed by atoms with E-state index < -0.39 is 0 Å². The minimum Gasteiger partial charge on any atom is -0.381 e. The Bertz CT molecular complexity index is 268. The van der Waals surface area contributed by atoms with Gasteiger partial charge in [-0.25, -0.2) is 0 Å². The first kappa shape index (κ1) is 11.9. The van der Waals surface area contributed by atoms with Crippen LogP contribution in [0.25, 0.3) is 0 Å². The van der Waals surface area contributed by atoms with E-state index in [1.54, 1.807) is 0 Å². The first-order chi connectivity index (χ1) is 7.52. The van der Waals surface area contributed by atoms with Crippen LogP contribution in [0.3, 0.4) is 0 Å². The summed E-state index contributed by atoms with van der Waals surface area (Å²) in [6.07, 6.45) is 5.41. The fourth-order valence-corrected chi connectivity index (χ4v) is 2.46. The van der Waals surface area contributed by atoms with Crippen molar-refractivity contribution in [2.75, 3.05) is 13.2 Å². The summed E-state index contributed by atoms with van der Waals surface area (Å²) < 4.78 is 5.30. The third-order valence-electron chi connectivity index (χ3n) is 3.90. The highest BCUT2D eigenvalue weighted by atomic mass is 16.5. The molecule has 1 amide bonds. The van der Waals surface area contributed by atoms with Gasteiger partial charge in [-0.1, -0.05) is 0 Å². The van der Waals surface area contributed by atoms with Crippen LogP contribution in [0.4, 0.5) is 0 Å². The Kier molecular flexibility index (Phi) is 3.22. The van der Waals surface area contributed by atoms with Gasteiger partial charge in [0.2, 0.25) is 5.91 Å². The van der Waals surface area contributed by atoms with Gasteiger partial charge < -0.3 is 15.8 Å². The third kappa shape index (κ3) is 2.74. The quantitative estimate of drug-likeness (QED) is 0.753. The highest BCUT2D eigenvalue weighted by molar-refractivity contribution is 5.78. The third-order valence-corrected chi connectivity index (χ3v) is 3.90. The van der Waals surface area contributed by atoms with Crippen molar-refractivity contribution in [1.82, 2.24) is 5.32 Å². The van der Waals surface area contributed by atoms with E-state index in [1.165, 1.54) is 0 Å². The second-order valence-corrected chi connectivity index (χ2v) is 5.61. The molecule has 0 atom stereocenters. The molecule has 3 N–H and O–H groups in total. The molecule has 2 fully saturated rings. The van der Waals surface area contributed by atoms with Crippen LogP contribution in [0, 0.1) is 0 Å². The monoisotopic (exact) mass is 226 g/mol. The Labute approximate surface area is 96.9 Å². The van der Waals surface area contributed by atoms with Gasteiger partial charge in [0.1, 0.15) is 0 Å². The van der Waals surface area contributed by atoms with E-state index in [0.29, 0.717) is 6.42 Å². The second-order valence-electron chi connectivity index (χ2n) is 5.61. The smallest absolute Gasteiger partial charge is 0.222 e. The number of nitrogens with one attached hydrogen (secondary N) is 1. The van der Waals surface area contributed by atoms with Crippen molar-refractivity contribution in [3.05, 3.63) is 0 Å². The maximum Gasteiger partial charge on any atom is 0.222 e. The first-order valence-electron chi connectivity index (χ1n) is 6.19. The standard InChI is InChI=1S/C12H22N2O2/c1-11(5-7-16-8-6-11)14-10(15)9-12(13)3-2-4-12/h2-9,13H2,1H3,(H,14,15). The summed E-state index contributed by atoms with van der Waals surface area (Å²) in [5.74, 6) is 0.103. The van der Waals surface area contributed by atoms with Crippen molar-refractivity contribution in [2.45, 2.75) is 56.5 Å². The normalized spacial score (nSPS) is 26.9. The van der Waals surface area contributed by atoms with Crippen molar-refractivity contribution in [2.24, 2.45) is 5.73 Å². The number of ether oxygens (including phenoxy) is 1. The predicted molar refractivity (Wildman–Crippen MR) is 62.0 cm³/mol. The van der Waals surface area contributed by atoms with Crippen molar-refractivity contribution >= 4 is 5.91 Å². The van der Waals surface area contributed by atoms with Gasteiger partial charge in [0.25, 0.3) is 0 Å². The molecule has 16 heavy (non-hydrogen) atoms. The zero-order chi connectivity index (χ0) is 11.6. The Morgan fingerprint density at radius 2 is 1.94 bits per heavy atom. The Balaban J connectivity index is 1.81. The molecule has 1 saturated heterocycles. The molecule has 1 heterocycles. The minimum atomic E-state index is -0.217. The van der Waals surface area contributed by atoms with Gasteiger partial charge in [0, 0.05) is 30.7 Å². The van der Waals surface area contributed by atoms with Crippen LogP contribution < -0.4 is 11.1 Å². The average molecular weight is 226 g/mol. The molecule has 0 bridgehead atoms. The Morgan fingerprint density at radius 1 is 1.31 bits per heavy atom. The summed E-state index contributed by atoms with van der Waals surface area (Å²) in [5, 5.41) is 3.12. The van der Waals surface area contributed by atoms with Crippen LogP contribution in [-0.2, 0) is 9.53 Å². The molecule has 4 heteroatoms. The van der Waals surface area contributed by atoms with Crippen molar-refractivity contribution in [1.29, 1.82) is 0 Å². The molecule has 1 saturated carbocycles. The summed E-state index contributed by atoms with van der Waals surface area (Å²) in [6.45, 7) is 3.58. The average Bonchev–Trinajstić information content (AvgIpc) is 2.15. The lowest BCUT2D eigenvalue weighted by Crippen LogP contribution is -2.55. The molecular weight excluding hydrogens is 204 g/mol. The summed E-state index contributed by atoms with van der Waals surface area (Å²) in [5.41, 5.74) is 5.76. The second kappa shape index (κ2) is 4.34. The number of hydrogen-bond donors (Lipinski definition) is 2. The number of carbonyl (C=O) groups is 1. The van der Waals surface area contributed by atoms with E-state index in [1.807, 2.05) is 0 Å². The minimum absolute atomic E-state index is 0.0879. The molecule has 2 aliphatic rings. The molecule has 0 spiro atoms. The van der Waals surface area contributed by atoms with Crippen LogP contribution in [-0.4, -0.2) is 30.2 Å². The van der Waals surface area contributed by atoms with Crippen molar-refractivity contribution in [3.63, 3.8) is 0 Å². The van der Waals surface area contributed by atoms with E-state index in [-0.39, 0.29) is 17.0 Å². The van der Waals surface area contributed by atoms with Gasteiger partial charge in [0.05, 0.1) is 0 Å². The SMILES string of the molecule is CC1(NC(=O)CC2(N)CCC2)CCOCC1. The van der Waals surface area contributed by atoms with Gasteiger partial charge in [-0.2, -0.15) is 0 Å². The summed E-state index contributed by atoms with van der Waals surface area (Å²) >= 11 is 0. The molecule has 0 aromatic heterocycles. The summed E-state index contributed by atoms with van der Waals surface area (Å²) in [7, 11) is 0. The van der Waals surface area contributed by atoms with E-state index >= 15 is 0 Å². The van der Waals surface area contributed by atoms with Gasteiger partial charge in [0.15, 0.2) is 0 Å². The molecule has 0 unspecified atom stereocenters. The van der Waals surface area contributed by atoms with Crippen LogP contribution >= 0.6 is 0 Å². The fraction of sp³-hybridized carbons (Fsp3) is 0.917. The van der Waals surface area contributed by atoms with Gasteiger partial charge in [-0.15, -0.1) is 0 Å². The van der Waals surface area contributed by atoms with E-state index in [2.05, 4.69) is 12.2 Å². The Morgan fingerprint density at radius 3 is 2.44 bits per heavy atom. The molecular formula is C12H22N2O2. The molecule has 0 aromatic rings. The van der Waals surface area contributed by atoms with E-state index in [0.717, 1.165) is 45.3 Å². The Hall–Kier alpha value is -0.610. The van der Waals surface area contributed by atoms with E-state index in [9.17, 15) is 4.79 Å². The summed E-state index contributed by atoms with van der Waals surface area (Å²) in [6, 6.07) is 0. The maximum absolute atomic E-state index is 11.9. The molecule has 1 aliphatic carbocycles. The topological polar surface area (TPSA) is 64.4 Å². The highest BCUT2D eigenvalue weighted by Crippen LogP contribution is 2.32. The van der Waals surface area contributed by atoms with E-state index in [4.69, 9.17) is 10.5 Å². The van der Waals surface area contributed by atoms with Gasteiger partial charge in [-0.05, 0) is 39.0 Å². The van der Waals surface area contributed by atoms with Crippen LogP contribution in [0.5, 0.6) is 0 Å².